The maximum Gasteiger partial charge on any atom is 0.152 e. The molecule has 2 aliphatic rings. The van der Waals surface area contributed by atoms with E-state index in [9.17, 15) is 0 Å². The Morgan fingerprint density at radius 1 is 1.29 bits per heavy atom. The third kappa shape index (κ3) is 1.98. The third-order valence-corrected chi connectivity index (χ3v) is 5.97. The Kier molecular flexibility index (Phi) is 2.42. The summed E-state index contributed by atoms with van der Waals surface area (Å²) < 4.78 is 2.52. The molecule has 2 nitrogen and oxygen atoms in total. The van der Waals surface area contributed by atoms with Crippen molar-refractivity contribution in [3.63, 3.8) is 0 Å². The van der Waals surface area contributed by atoms with Crippen molar-refractivity contribution in [2.45, 2.75) is 10.8 Å². The number of benzene rings is 1. The van der Waals surface area contributed by atoms with E-state index in [1.54, 1.807) is 0 Å². The molecule has 2 unspecified atom stereocenters. The number of fused-ring (bicyclic) bond motifs is 2. The summed E-state index contributed by atoms with van der Waals surface area (Å²) in [5, 5.41) is 0. The molecular weight excluding hydrogens is 248 g/mol. The molecule has 1 aromatic heterocycles. The topological polar surface area (TPSA) is 16.1 Å². The Morgan fingerprint density at radius 3 is 2.94 bits per heavy atom. The van der Waals surface area contributed by atoms with E-state index in [0.29, 0.717) is 0 Å². The number of nitrogens with zero attached hydrogens (tertiary/aromatic N) is 2. The van der Waals surface area contributed by atoms with Crippen LogP contribution < -0.4 is 0 Å². The average molecular weight is 262 g/mol. The smallest absolute Gasteiger partial charge is 0.152 e. The lowest BCUT2D eigenvalue weighted by molar-refractivity contribution is 0.358. The summed E-state index contributed by atoms with van der Waals surface area (Å²) in [4.78, 5) is 7.24. The van der Waals surface area contributed by atoms with Crippen molar-refractivity contribution in [3.8, 4) is 0 Å². The fourth-order valence-corrected chi connectivity index (χ4v) is 4.69. The third-order valence-electron chi connectivity index (χ3n) is 3.70. The minimum Gasteiger partial charge on any atom is -0.293 e. The molecule has 1 saturated heterocycles. The molecule has 1 aliphatic heterocycles. The molecule has 17 heavy (non-hydrogen) atoms. The van der Waals surface area contributed by atoms with Gasteiger partial charge in [-0.15, -0.1) is 11.3 Å². The molecular formula is C13H14N2S2. The van der Waals surface area contributed by atoms with Crippen molar-refractivity contribution >= 4 is 33.3 Å². The van der Waals surface area contributed by atoms with Crippen molar-refractivity contribution in [1.29, 1.82) is 0 Å². The molecule has 0 N–H and O–H groups in total. The molecule has 0 bridgehead atoms. The predicted molar refractivity (Wildman–Crippen MR) is 73.5 cm³/mol. The second-order valence-corrected chi connectivity index (χ2v) is 7.24. The van der Waals surface area contributed by atoms with Gasteiger partial charge < -0.3 is 0 Å². The minimum absolute atomic E-state index is 1.03. The van der Waals surface area contributed by atoms with E-state index in [0.717, 1.165) is 23.2 Å². The highest BCUT2D eigenvalue weighted by Crippen LogP contribution is 2.45. The van der Waals surface area contributed by atoms with Gasteiger partial charge in [0.05, 0.1) is 16.1 Å². The van der Waals surface area contributed by atoms with Gasteiger partial charge in [-0.25, -0.2) is 4.98 Å². The summed E-state index contributed by atoms with van der Waals surface area (Å²) in [6.07, 6.45) is 1.49. The lowest BCUT2D eigenvalue weighted by atomic mass is 10.3. The maximum atomic E-state index is 4.66. The fraction of sp³-hybridized carbons (Fsp3) is 0.462. The number of likely N-dealkylation sites (tertiary alicyclic amines) is 1. The summed E-state index contributed by atoms with van der Waals surface area (Å²) in [5.74, 6) is 3.18. The van der Waals surface area contributed by atoms with Gasteiger partial charge in [0.1, 0.15) is 0 Å². The van der Waals surface area contributed by atoms with Crippen LogP contribution in [0.2, 0.25) is 0 Å². The number of piperidine rings is 1. The Labute approximate surface area is 109 Å². The Morgan fingerprint density at radius 2 is 2.12 bits per heavy atom. The highest BCUT2D eigenvalue weighted by Gasteiger charge is 2.44. The van der Waals surface area contributed by atoms with Gasteiger partial charge in [0.15, 0.2) is 4.34 Å². The van der Waals surface area contributed by atoms with Crippen LogP contribution in [0.5, 0.6) is 0 Å². The highest BCUT2D eigenvalue weighted by molar-refractivity contribution is 8.01. The first-order chi connectivity index (χ1) is 8.38. The minimum atomic E-state index is 1.03. The molecule has 1 aliphatic carbocycles. The van der Waals surface area contributed by atoms with Crippen LogP contribution in [0.4, 0.5) is 0 Å². The summed E-state index contributed by atoms with van der Waals surface area (Å²) in [6, 6.07) is 8.40. The SMILES string of the molecule is c1ccc2sc(SCN3CC4CC4C3)nc2c1. The van der Waals surface area contributed by atoms with Crippen molar-refractivity contribution in [1.82, 2.24) is 9.88 Å². The molecule has 1 aromatic carbocycles. The van der Waals surface area contributed by atoms with E-state index in [-0.39, 0.29) is 0 Å². The molecule has 2 heterocycles. The van der Waals surface area contributed by atoms with E-state index in [2.05, 4.69) is 34.1 Å². The Balaban J connectivity index is 1.44. The van der Waals surface area contributed by atoms with Crippen LogP contribution in [0.3, 0.4) is 0 Å². The van der Waals surface area contributed by atoms with Crippen molar-refractivity contribution in [2.24, 2.45) is 11.8 Å². The number of hydrogen-bond acceptors (Lipinski definition) is 4. The van der Waals surface area contributed by atoms with Gasteiger partial charge in [0, 0.05) is 13.1 Å². The van der Waals surface area contributed by atoms with Crippen molar-refractivity contribution in [3.05, 3.63) is 24.3 Å². The van der Waals surface area contributed by atoms with Crippen LogP contribution >= 0.6 is 23.1 Å². The van der Waals surface area contributed by atoms with Crippen LogP contribution in [0.25, 0.3) is 10.2 Å². The van der Waals surface area contributed by atoms with Crippen LogP contribution in [-0.4, -0.2) is 28.9 Å². The number of rotatable bonds is 3. The number of thioether (sulfide) groups is 1. The van der Waals surface area contributed by atoms with E-state index in [1.807, 2.05) is 23.1 Å². The van der Waals surface area contributed by atoms with E-state index >= 15 is 0 Å². The van der Waals surface area contributed by atoms with Gasteiger partial charge >= 0.3 is 0 Å². The first-order valence-corrected chi connectivity index (χ1v) is 7.89. The van der Waals surface area contributed by atoms with E-state index in [1.165, 1.54) is 28.5 Å². The van der Waals surface area contributed by atoms with E-state index < -0.39 is 0 Å². The van der Waals surface area contributed by atoms with Crippen LogP contribution in [0.1, 0.15) is 6.42 Å². The Hall–Kier alpha value is -0.580. The van der Waals surface area contributed by atoms with E-state index in [4.69, 9.17) is 0 Å². The summed E-state index contributed by atoms with van der Waals surface area (Å²) in [6.45, 7) is 2.64. The molecule has 88 valence electrons. The van der Waals surface area contributed by atoms with Crippen LogP contribution in [0, 0.1) is 11.8 Å². The van der Waals surface area contributed by atoms with Gasteiger partial charge in [0.2, 0.25) is 0 Å². The van der Waals surface area contributed by atoms with Gasteiger partial charge in [0.25, 0.3) is 0 Å². The number of thiazole rings is 1. The normalized spacial score (nSPS) is 27.5. The largest absolute Gasteiger partial charge is 0.293 e. The van der Waals surface area contributed by atoms with Gasteiger partial charge in [-0.05, 0) is 30.4 Å². The summed E-state index contributed by atoms with van der Waals surface area (Å²) >= 11 is 3.72. The molecule has 4 heteroatoms. The predicted octanol–water partition coefficient (Wildman–Crippen LogP) is 3.30. The lowest BCUT2D eigenvalue weighted by Gasteiger charge is -2.15. The quantitative estimate of drug-likeness (QED) is 0.790. The zero-order valence-corrected chi connectivity index (χ0v) is 11.1. The van der Waals surface area contributed by atoms with Gasteiger partial charge in [-0.3, -0.25) is 4.90 Å². The summed E-state index contributed by atoms with van der Waals surface area (Å²) in [5.41, 5.74) is 1.14. The van der Waals surface area contributed by atoms with Crippen molar-refractivity contribution < 1.29 is 0 Å². The van der Waals surface area contributed by atoms with Crippen LogP contribution in [-0.2, 0) is 0 Å². The number of hydrogen-bond donors (Lipinski definition) is 0. The zero-order valence-electron chi connectivity index (χ0n) is 9.50. The maximum absolute atomic E-state index is 4.66. The molecule has 4 rings (SSSR count). The number of para-hydroxylation sites is 1. The highest BCUT2D eigenvalue weighted by atomic mass is 32.2. The second-order valence-electron chi connectivity index (χ2n) is 5.01. The van der Waals surface area contributed by atoms with Gasteiger partial charge in [-0.1, -0.05) is 23.9 Å². The molecule has 1 saturated carbocycles. The molecule has 2 aromatic rings. The lowest BCUT2D eigenvalue weighted by Crippen LogP contribution is -2.21. The zero-order chi connectivity index (χ0) is 11.2. The molecule has 2 fully saturated rings. The Bertz CT molecular complexity index is 508. The average Bonchev–Trinajstić information content (AvgIpc) is 2.80. The molecule has 0 amide bonds. The van der Waals surface area contributed by atoms with Crippen molar-refractivity contribution in [2.75, 3.05) is 19.0 Å². The standard InChI is InChI=1S/C13H14N2S2/c1-2-4-12-11(3-1)14-13(17-12)16-8-15-6-9-5-10(9)7-15/h1-4,9-10H,5-8H2. The first-order valence-electron chi connectivity index (χ1n) is 6.09. The summed E-state index contributed by atoms with van der Waals surface area (Å²) in [7, 11) is 0. The molecule has 0 spiro atoms. The fourth-order valence-electron chi connectivity index (χ4n) is 2.66. The second kappa shape index (κ2) is 3.97. The van der Waals surface area contributed by atoms with Crippen LogP contribution in [0.15, 0.2) is 28.6 Å². The monoisotopic (exact) mass is 262 g/mol. The van der Waals surface area contributed by atoms with Gasteiger partial charge in [-0.2, -0.15) is 0 Å². The first kappa shape index (κ1) is 10.4. The number of aromatic nitrogens is 1. The molecule has 2 atom stereocenters. The molecule has 0 radical (unpaired) electrons.